The maximum atomic E-state index is 12.3. The zero-order valence-electron chi connectivity index (χ0n) is 11.9. The first-order chi connectivity index (χ1) is 9.61. The molecule has 0 unspecified atom stereocenters. The van der Waals surface area contributed by atoms with Gasteiger partial charge in [0.05, 0.1) is 11.1 Å². The van der Waals surface area contributed by atoms with Crippen molar-refractivity contribution in [2.24, 2.45) is 5.84 Å². The summed E-state index contributed by atoms with van der Waals surface area (Å²) in [6.45, 7) is 4.08. The fraction of sp³-hybridized carbons (Fsp3) is 0.375. The molecule has 0 aliphatic heterocycles. The smallest absolute Gasteiger partial charge is 0.266 e. The Morgan fingerprint density at radius 2 is 2.00 bits per heavy atom. The number of nitrogens with zero attached hydrogens (tertiary/aromatic N) is 1. The van der Waals surface area contributed by atoms with E-state index in [1.165, 1.54) is 0 Å². The molecule has 0 saturated heterocycles. The molecule has 1 amide bonds. The number of carbonyl (C=O) groups excluding carboxylic acids is 1. The summed E-state index contributed by atoms with van der Waals surface area (Å²) in [6.07, 6.45) is 4.10. The Labute approximate surface area is 118 Å². The summed E-state index contributed by atoms with van der Waals surface area (Å²) in [5.41, 5.74) is 8.34. The van der Waals surface area contributed by atoms with Crippen LogP contribution in [-0.2, 0) is 12.8 Å². The Morgan fingerprint density at radius 3 is 2.75 bits per heavy atom. The number of aryl methyl sites for hydroxylation is 3. The number of benzene rings is 1. The van der Waals surface area contributed by atoms with Crippen LogP contribution < -0.4 is 11.3 Å². The van der Waals surface area contributed by atoms with Crippen LogP contribution >= 0.6 is 0 Å². The average molecular weight is 269 g/mol. The molecule has 1 aliphatic carbocycles. The van der Waals surface area contributed by atoms with Crippen molar-refractivity contribution in [3.05, 3.63) is 40.1 Å². The minimum absolute atomic E-state index is 0.208. The maximum absolute atomic E-state index is 12.3. The largest absolute Gasteiger partial charge is 0.290 e. The van der Waals surface area contributed by atoms with Gasteiger partial charge < -0.3 is 0 Å². The standard InChI is InChI=1S/C16H19N3O/c1-9-7-10(2)15-12(8-9)14(16(20)19-17)11-5-3-4-6-13(11)18-15/h7-8H,3-6,17H2,1-2H3,(H,19,20). The third kappa shape index (κ3) is 1.96. The Hall–Kier alpha value is -1.94. The van der Waals surface area contributed by atoms with Gasteiger partial charge >= 0.3 is 0 Å². The minimum atomic E-state index is -0.208. The van der Waals surface area contributed by atoms with Gasteiger partial charge in [-0.1, -0.05) is 11.6 Å². The van der Waals surface area contributed by atoms with Crippen molar-refractivity contribution in [1.82, 2.24) is 10.4 Å². The van der Waals surface area contributed by atoms with E-state index in [0.717, 1.165) is 64.5 Å². The van der Waals surface area contributed by atoms with E-state index in [4.69, 9.17) is 10.8 Å². The van der Waals surface area contributed by atoms with Crippen molar-refractivity contribution in [2.75, 3.05) is 0 Å². The average Bonchev–Trinajstić information content (AvgIpc) is 2.44. The molecule has 0 atom stereocenters. The zero-order valence-corrected chi connectivity index (χ0v) is 11.9. The summed E-state index contributed by atoms with van der Waals surface area (Å²) in [5.74, 6) is 5.18. The Balaban J connectivity index is 2.42. The fourth-order valence-corrected chi connectivity index (χ4v) is 3.21. The van der Waals surface area contributed by atoms with Gasteiger partial charge in [0.15, 0.2) is 0 Å². The van der Waals surface area contributed by atoms with Crippen molar-refractivity contribution >= 4 is 16.8 Å². The van der Waals surface area contributed by atoms with Gasteiger partial charge in [0, 0.05) is 11.1 Å². The van der Waals surface area contributed by atoms with Crippen LogP contribution in [0.2, 0.25) is 0 Å². The third-order valence-corrected chi connectivity index (χ3v) is 4.06. The molecule has 3 N–H and O–H groups in total. The quantitative estimate of drug-likeness (QED) is 0.474. The van der Waals surface area contributed by atoms with E-state index < -0.39 is 0 Å². The van der Waals surface area contributed by atoms with E-state index in [0.29, 0.717) is 0 Å². The second-order valence-corrected chi connectivity index (χ2v) is 5.57. The number of hydrazine groups is 1. The van der Waals surface area contributed by atoms with Crippen LogP contribution in [0.1, 0.15) is 45.6 Å². The molecule has 4 nitrogen and oxygen atoms in total. The van der Waals surface area contributed by atoms with Gasteiger partial charge in [-0.05, 0) is 56.7 Å². The number of hydrogen-bond donors (Lipinski definition) is 2. The van der Waals surface area contributed by atoms with Crippen molar-refractivity contribution < 1.29 is 4.79 Å². The van der Waals surface area contributed by atoms with Gasteiger partial charge in [-0.25, -0.2) is 5.84 Å². The fourth-order valence-electron chi connectivity index (χ4n) is 3.21. The highest BCUT2D eigenvalue weighted by Crippen LogP contribution is 2.31. The molecule has 4 heteroatoms. The molecule has 0 fully saturated rings. The van der Waals surface area contributed by atoms with E-state index in [9.17, 15) is 4.79 Å². The molecule has 0 spiro atoms. The summed E-state index contributed by atoms with van der Waals surface area (Å²) in [5, 5.41) is 0.922. The lowest BCUT2D eigenvalue weighted by Crippen LogP contribution is -2.32. The Kier molecular flexibility index (Phi) is 3.18. The van der Waals surface area contributed by atoms with E-state index in [-0.39, 0.29) is 5.91 Å². The maximum Gasteiger partial charge on any atom is 0.266 e. The normalized spacial score (nSPS) is 14.2. The van der Waals surface area contributed by atoms with Crippen LogP contribution in [0.3, 0.4) is 0 Å². The monoisotopic (exact) mass is 269 g/mol. The number of rotatable bonds is 1. The zero-order chi connectivity index (χ0) is 14.3. The molecular formula is C16H19N3O. The number of fused-ring (bicyclic) bond motifs is 2. The highest BCUT2D eigenvalue weighted by Gasteiger charge is 2.22. The molecule has 0 radical (unpaired) electrons. The van der Waals surface area contributed by atoms with Gasteiger partial charge in [0.25, 0.3) is 5.91 Å². The number of nitrogens with one attached hydrogen (secondary N) is 1. The van der Waals surface area contributed by atoms with E-state index in [2.05, 4.69) is 11.5 Å². The van der Waals surface area contributed by atoms with Crippen molar-refractivity contribution in [3.63, 3.8) is 0 Å². The molecule has 2 aromatic rings. The highest BCUT2D eigenvalue weighted by molar-refractivity contribution is 6.08. The van der Waals surface area contributed by atoms with Crippen LogP contribution in [0.4, 0.5) is 0 Å². The summed E-state index contributed by atoms with van der Waals surface area (Å²) >= 11 is 0. The molecule has 3 rings (SSSR count). The number of nitrogen functional groups attached to an aromatic ring is 1. The van der Waals surface area contributed by atoms with Crippen LogP contribution in [0, 0.1) is 13.8 Å². The first-order valence-corrected chi connectivity index (χ1v) is 7.05. The number of aromatic nitrogens is 1. The van der Waals surface area contributed by atoms with Crippen molar-refractivity contribution in [1.29, 1.82) is 0 Å². The number of hydrogen-bond acceptors (Lipinski definition) is 3. The van der Waals surface area contributed by atoms with Gasteiger partial charge in [-0.15, -0.1) is 0 Å². The first kappa shape index (κ1) is 13.1. The second-order valence-electron chi connectivity index (χ2n) is 5.57. The molecule has 0 saturated carbocycles. The summed E-state index contributed by atoms with van der Waals surface area (Å²) in [7, 11) is 0. The predicted molar refractivity (Wildman–Crippen MR) is 79.5 cm³/mol. The lowest BCUT2D eigenvalue weighted by Gasteiger charge is -2.20. The van der Waals surface area contributed by atoms with Crippen molar-refractivity contribution in [2.45, 2.75) is 39.5 Å². The molecule has 104 valence electrons. The molecule has 0 bridgehead atoms. The number of pyridine rings is 1. The van der Waals surface area contributed by atoms with Crippen molar-refractivity contribution in [3.8, 4) is 0 Å². The van der Waals surface area contributed by atoms with E-state index >= 15 is 0 Å². The molecular weight excluding hydrogens is 250 g/mol. The summed E-state index contributed by atoms with van der Waals surface area (Å²) in [6, 6.07) is 4.14. The van der Waals surface area contributed by atoms with Gasteiger partial charge in [-0.3, -0.25) is 15.2 Å². The molecule has 1 aliphatic rings. The van der Waals surface area contributed by atoms with Gasteiger partial charge in [-0.2, -0.15) is 0 Å². The van der Waals surface area contributed by atoms with Crippen LogP contribution in [0.25, 0.3) is 10.9 Å². The Morgan fingerprint density at radius 1 is 1.25 bits per heavy atom. The van der Waals surface area contributed by atoms with Gasteiger partial charge in [0.1, 0.15) is 0 Å². The molecule has 20 heavy (non-hydrogen) atoms. The topological polar surface area (TPSA) is 68.0 Å². The second kappa shape index (κ2) is 4.87. The summed E-state index contributed by atoms with van der Waals surface area (Å²) < 4.78 is 0. The SMILES string of the molecule is Cc1cc(C)c2nc3c(c(C(=O)NN)c2c1)CCCC3. The Bertz CT molecular complexity index is 707. The summed E-state index contributed by atoms with van der Waals surface area (Å²) in [4.78, 5) is 17.1. The first-order valence-electron chi connectivity index (χ1n) is 7.05. The predicted octanol–water partition coefficient (Wildman–Crippen LogP) is 2.33. The van der Waals surface area contributed by atoms with E-state index in [1.54, 1.807) is 0 Å². The lowest BCUT2D eigenvalue weighted by atomic mass is 9.88. The number of amides is 1. The van der Waals surface area contributed by atoms with Crippen LogP contribution in [-0.4, -0.2) is 10.9 Å². The number of carbonyl (C=O) groups is 1. The van der Waals surface area contributed by atoms with Crippen LogP contribution in [0.15, 0.2) is 12.1 Å². The molecule has 1 aromatic carbocycles. The highest BCUT2D eigenvalue weighted by atomic mass is 16.2. The van der Waals surface area contributed by atoms with E-state index in [1.807, 2.05) is 19.9 Å². The number of nitrogens with two attached hydrogens (primary N) is 1. The lowest BCUT2D eigenvalue weighted by molar-refractivity contribution is 0.0954. The minimum Gasteiger partial charge on any atom is -0.290 e. The molecule has 1 heterocycles. The molecule has 1 aromatic heterocycles. The van der Waals surface area contributed by atoms with Gasteiger partial charge in [0.2, 0.25) is 0 Å². The third-order valence-electron chi connectivity index (χ3n) is 4.06. The van der Waals surface area contributed by atoms with Crippen LogP contribution in [0.5, 0.6) is 0 Å².